The second-order valence-corrected chi connectivity index (χ2v) is 11.7. The molecule has 1 aliphatic carbocycles. The van der Waals surface area contributed by atoms with E-state index in [0.29, 0.717) is 32.6 Å². The Morgan fingerprint density at radius 1 is 1.19 bits per heavy atom. The first kappa shape index (κ1) is 28.1. The van der Waals surface area contributed by atoms with Crippen LogP contribution in [0, 0.1) is 29.5 Å². The zero-order valence-corrected chi connectivity index (χ0v) is 22.8. The summed E-state index contributed by atoms with van der Waals surface area (Å²) in [5.41, 5.74) is 1.21. The molecule has 3 aliphatic rings. The van der Waals surface area contributed by atoms with Crippen LogP contribution in [0.25, 0.3) is 0 Å². The summed E-state index contributed by atoms with van der Waals surface area (Å²) in [6.45, 7) is 10.7. The molecule has 2 fully saturated rings. The Hall–Kier alpha value is -1.87. The maximum absolute atomic E-state index is 14.6. The number of hydrazone groups is 1. The van der Waals surface area contributed by atoms with Crippen LogP contribution in [-0.2, 0) is 0 Å². The van der Waals surface area contributed by atoms with Gasteiger partial charge in [-0.05, 0) is 89.6 Å². The number of likely N-dealkylation sites (tertiary alicyclic amines) is 1. The van der Waals surface area contributed by atoms with Crippen molar-refractivity contribution >= 4 is 23.0 Å². The van der Waals surface area contributed by atoms with E-state index in [-0.39, 0.29) is 28.3 Å². The fourth-order valence-electron chi connectivity index (χ4n) is 6.17. The molecule has 4 rings (SSSR count). The summed E-state index contributed by atoms with van der Waals surface area (Å²) in [7, 11) is 0. The number of hydrogen-bond acceptors (Lipinski definition) is 5. The second-order valence-electron chi connectivity index (χ2n) is 11.3. The first-order valence-corrected chi connectivity index (χ1v) is 13.5. The number of anilines is 1. The molecule has 2 aliphatic heterocycles. The van der Waals surface area contributed by atoms with E-state index in [9.17, 15) is 18.3 Å². The molecule has 1 aromatic carbocycles. The first-order valence-electron chi connectivity index (χ1n) is 13.1. The molecule has 0 aromatic heterocycles. The molecular weight excluding hydrogens is 501 g/mol. The van der Waals surface area contributed by atoms with Crippen molar-refractivity contribution in [2.75, 3.05) is 31.2 Å². The third-order valence-corrected chi connectivity index (χ3v) is 8.59. The Kier molecular flexibility index (Phi) is 8.73. The molecule has 0 spiro atoms. The molecule has 0 bridgehead atoms. The number of hydrogen-bond donors (Lipinski definition) is 2. The molecular formula is C28H38ClF3N4O. The van der Waals surface area contributed by atoms with Gasteiger partial charge in [0.15, 0.2) is 0 Å². The number of rotatable bonds is 7. The summed E-state index contributed by atoms with van der Waals surface area (Å²) in [4.78, 5) is 2.09. The van der Waals surface area contributed by atoms with Gasteiger partial charge in [-0.25, -0.2) is 13.2 Å². The van der Waals surface area contributed by atoms with Gasteiger partial charge in [0.2, 0.25) is 0 Å². The smallest absolute Gasteiger partial charge is 0.141 e. The number of allylic oxidation sites excluding steroid dienone is 4. The molecule has 2 N–H and O–H groups in total. The molecule has 2 heterocycles. The number of aliphatic hydroxyl groups is 1. The Morgan fingerprint density at radius 3 is 2.51 bits per heavy atom. The monoisotopic (exact) mass is 538 g/mol. The standard InChI is InChI=1S/C28H38ClF3N4O/c1-17(2)34-36(20-6-8-25(31)24(29)14-20)28(3,4)18-9-11-35(12-10-18)27(37)23-16-33-15-22(23)21-7-5-19(30)13-26(21)32/h5-6,8,13-14,18,21-23,27,33,37H,7,9-12,15-16H2,1-4H3. The molecule has 4 atom stereocenters. The fourth-order valence-corrected chi connectivity index (χ4v) is 6.34. The maximum atomic E-state index is 14.6. The summed E-state index contributed by atoms with van der Waals surface area (Å²) < 4.78 is 41.9. The van der Waals surface area contributed by atoms with Gasteiger partial charge in [-0.1, -0.05) is 11.6 Å². The molecule has 37 heavy (non-hydrogen) atoms. The molecule has 5 nitrogen and oxygen atoms in total. The first-order chi connectivity index (χ1) is 17.5. The molecule has 0 radical (unpaired) electrons. The predicted octanol–water partition coefficient (Wildman–Crippen LogP) is 6.05. The van der Waals surface area contributed by atoms with Crippen LogP contribution in [0.3, 0.4) is 0 Å². The summed E-state index contributed by atoms with van der Waals surface area (Å²) in [6.07, 6.45) is 3.71. The van der Waals surface area contributed by atoms with Crippen molar-refractivity contribution in [3.8, 4) is 0 Å². The maximum Gasteiger partial charge on any atom is 0.141 e. The van der Waals surface area contributed by atoms with Crippen LogP contribution in [0.2, 0.25) is 5.02 Å². The van der Waals surface area contributed by atoms with Crippen LogP contribution in [0.4, 0.5) is 18.9 Å². The average molecular weight is 539 g/mol. The van der Waals surface area contributed by atoms with Crippen molar-refractivity contribution in [3.05, 3.63) is 52.8 Å². The lowest BCUT2D eigenvalue weighted by atomic mass is 9.77. The molecule has 0 amide bonds. The van der Waals surface area contributed by atoms with E-state index in [1.807, 2.05) is 18.9 Å². The lowest BCUT2D eigenvalue weighted by molar-refractivity contribution is -0.0701. The third kappa shape index (κ3) is 6.08. The summed E-state index contributed by atoms with van der Waals surface area (Å²) in [5, 5.41) is 21.4. The lowest BCUT2D eigenvalue weighted by Crippen LogP contribution is -2.54. The summed E-state index contributed by atoms with van der Waals surface area (Å²) in [6, 6.07) is 4.67. The number of piperidine rings is 1. The van der Waals surface area contributed by atoms with Crippen LogP contribution in [0.15, 0.2) is 47.1 Å². The van der Waals surface area contributed by atoms with Crippen LogP contribution < -0.4 is 10.3 Å². The van der Waals surface area contributed by atoms with E-state index in [0.717, 1.165) is 30.3 Å². The van der Waals surface area contributed by atoms with Crippen molar-refractivity contribution in [1.82, 2.24) is 10.2 Å². The van der Waals surface area contributed by atoms with Crippen molar-refractivity contribution in [2.24, 2.45) is 28.8 Å². The Bertz CT molecular complexity index is 1060. The highest BCUT2D eigenvalue weighted by atomic mass is 35.5. The largest absolute Gasteiger partial charge is 0.378 e. The molecule has 2 saturated heterocycles. The Labute approximate surface area is 223 Å². The summed E-state index contributed by atoms with van der Waals surface area (Å²) in [5.74, 6) is -1.80. The van der Waals surface area contributed by atoms with Gasteiger partial charge < -0.3 is 10.4 Å². The Morgan fingerprint density at radius 2 is 1.89 bits per heavy atom. The summed E-state index contributed by atoms with van der Waals surface area (Å²) >= 11 is 6.09. The van der Waals surface area contributed by atoms with Crippen LogP contribution in [0.1, 0.15) is 47.0 Å². The minimum atomic E-state index is -0.699. The van der Waals surface area contributed by atoms with Gasteiger partial charge >= 0.3 is 0 Å². The van der Waals surface area contributed by atoms with Crippen LogP contribution in [0.5, 0.6) is 0 Å². The predicted molar refractivity (Wildman–Crippen MR) is 143 cm³/mol. The van der Waals surface area contributed by atoms with Crippen molar-refractivity contribution in [1.29, 1.82) is 0 Å². The van der Waals surface area contributed by atoms with Crippen LogP contribution >= 0.6 is 11.6 Å². The van der Waals surface area contributed by atoms with Gasteiger partial charge in [-0.15, -0.1) is 0 Å². The molecule has 204 valence electrons. The lowest BCUT2D eigenvalue weighted by Gasteiger charge is -2.47. The second kappa shape index (κ2) is 11.5. The zero-order valence-electron chi connectivity index (χ0n) is 22.0. The van der Waals surface area contributed by atoms with Crippen molar-refractivity contribution < 1.29 is 18.3 Å². The van der Waals surface area contributed by atoms with E-state index in [2.05, 4.69) is 24.1 Å². The number of nitrogens with one attached hydrogen (secondary N) is 1. The van der Waals surface area contributed by atoms with E-state index < -0.39 is 29.6 Å². The fraction of sp³-hybridized carbons (Fsp3) is 0.607. The minimum absolute atomic E-state index is 0.0578. The number of nitrogens with zero attached hydrogens (tertiary/aromatic N) is 3. The van der Waals surface area contributed by atoms with Crippen molar-refractivity contribution in [3.63, 3.8) is 0 Å². The highest BCUT2D eigenvalue weighted by Crippen LogP contribution is 2.41. The van der Waals surface area contributed by atoms with Gasteiger partial charge in [0.1, 0.15) is 23.7 Å². The molecule has 9 heteroatoms. The van der Waals surface area contributed by atoms with Gasteiger partial charge in [0.05, 0.1) is 16.2 Å². The Balaban J connectivity index is 1.44. The van der Waals surface area contributed by atoms with Crippen LogP contribution in [-0.4, -0.2) is 53.7 Å². The molecule has 4 unspecified atom stereocenters. The minimum Gasteiger partial charge on any atom is -0.378 e. The van der Waals surface area contributed by atoms with Crippen molar-refractivity contribution in [2.45, 2.75) is 58.7 Å². The number of aliphatic hydroxyl groups excluding tert-OH is 1. The molecule has 0 saturated carbocycles. The third-order valence-electron chi connectivity index (χ3n) is 8.30. The van der Waals surface area contributed by atoms with Gasteiger partial charge in [-0.2, -0.15) is 5.10 Å². The highest BCUT2D eigenvalue weighted by Gasteiger charge is 2.44. The number of benzene rings is 1. The number of halogens is 4. The molecule has 1 aromatic rings. The van der Waals surface area contributed by atoms with E-state index in [1.165, 1.54) is 12.1 Å². The van der Waals surface area contributed by atoms with E-state index in [4.69, 9.17) is 16.7 Å². The SMILES string of the molecule is CC(C)=NN(c1ccc(F)c(Cl)c1)C(C)(C)C1CCN(C(O)C2CNCC2C2CC=C(F)C=C2F)CC1. The quantitative estimate of drug-likeness (QED) is 0.328. The van der Waals surface area contributed by atoms with Gasteiger partial charge in [0.25, 0.3) is 0 Å². The van der Waals surface area contributed by atoms with E-state index in [1.54, 1.807) is 12.1 Å². The average Bonchev–Trinajstić information content (AvgIpc) is 3.33. The zero-order chi connectivity index (χ0) is 26.9. The highest BCUT2D eigenvalue weighted by molar-refractivity contribution is 6.31. The van der Waals surface area contributed by atoms with Gasteiger partial charge in [0, 0.05) is 43.3 Å². The van der Waals surface area contributed by atoms with Gasteiger partial charge in [-0.3, -0.25) is 9.91 Å². The topological polar surface area (TPSA) is 51.1 Å². The normalized spacial score (nSPS) is 26.5. The van der Waals surface area contributed by atoms with E-state index >= 15 is 0 Å².